The quantitative estimate of drug-likeness (QED) is 0.842. The fourth-order valence-electron chi connectivity index (χ4n) is 2.36. The highest BCUT2D eigenvalue weighted by Gasteiger charge is 2.23. The predicted molar refractivity (Wildman–Crippen MR) is 95.4 cm³/mol. The Morgan fingerprint density at radius 1 is 1.29 bits per heavy atom. The Balaban J connectivity index is 2.19. The van der Waals surface area contributed by atoms with Crippen molar-refractivity contribution in [1.82, 2.24) is 15.1 Å². The molecule has 2 N–H and O–H groups in total. The number of carbonyl (C=O) groups excluding carboxylic acids is 1. The van der Waals surface area contributed by atoms with Crippen LogP contribution in [0.1, 0.15) is 41.0 Å². The van der Waals surface area contributed by atoms with Gasteiger partial charge < -0.3 is 10.4 Å². The van der Waals surface area contributed by atoms with Crippen molar-refractivity contribution in [3.8, 4) is 0 Å². The molecule has 2 unspecified atom stereocenters. The van der Waals surface area contributed by atoms with Gasteiger partial charge in [0, 0.05) is 12.6 Å². The van der Waals surface area contributed by atoms with Gasteiger partial charge in [0.15, 0.2) is 0 Å². The van der Waals surface area contributed by atoms with Gasteiger partial charge in [-0.15, -0.1) is 0 Å². The predicted octanol–water partition coefficient (Wildman–Crippen LogP) is 2.95. The second-order valence-electron chi connectivity index (χ2n) is 6.32. The number of hydrogen-bond donors (Lipinski definition) is 2. The molecule has 0 aliphatic heterocycles. The number of rotatable bonds is 6. The van der Waals surface area contributed by atoms with Crippen LogP contribution in [0.15, 0.2) is 24.3 Å². The molecule has 0 spiro atoms. The molecule has 6 heteroatoms. The van der Waals surface area contributed by atoms with E-state index >= 15 is 0 Å². The van der Waals surface area contributed by atoms with Crippen molar-refractivity contribution >= 4 is 17.5 Å². The van der Waals surface area contributed by atoms with Gasteiger partial charge in [0.2, 0.25) is 0 Å². The standard InChI is InChI=1S/C18H24ClN3O2/c1-11-5-7-15(8-6-11)9-22-17(19)16(14(4)21-22)18(24)20-13(3)12(2)10-23/h5-8,12-13,23H,9-10H2,1-4H3,(H,20,24). The molecule has 1 aromatic carbocycles. The number of halogens is 1. The van der Waals surface area contributed by atoms with Gasteiger partial charge in [-0.3, -0.25) is 4.79 Å². The van der Waals surface area contributed by atoms with E-state index in [9.17, 15) is 9.90 Å². The first kappa shape index (κ1) is 18.5. The Morgan fingerprint density at radius 3 is 2.50 bits per heavy atom. The number of nitrogens with zero attached hydrogens (tertiary/aromatic N) is 2. The molecule has 0 saturated heterocycles. The van der Waals surface area contributed by atoms with Gasteiger partial charge in [-0.2, -0.15) is 5.10 Å². The molecule has 24 heavy (non-hydrogen) atoms. The summed E-state index contributed by atoms with van der Waals surface area (Å²) >= 11 is 6.39. The Labute approximate surface area is 147 Å². The zero-order valence-electron chi connectivity index (χ0n) is 14.5. The summed E-state index contributed by atoms with van der Waals surface area (Å²) in [6.45, 7) is 8.06. The molecule has 0 aliphatic carbocycles. The van der Waals surface area contributed by atoms with E-state index in [1.54, 1.807) is 11.6 Å². The van der Waals surface area contributed by atoms with Crippen LogP contribution in [0.5, 0.6) is 0 Å². The Kier molecular flexibility index (Phi) is 6.02. The summed E-state index contributed by atoms with van der Waals surface area (Å²) in [5.74, 6) is -0.295. The normalized spacial score (nSPS) is 13.6. The smallest absolute Gasteiger partial charge is 0.256 e. The van der Waals surface area contributed by atoms with Crippen LogP contribution in [0.2, 0.25) is 5.15 Å². The van der Waals surface area contributed by atoms with Gasteiger partial charge in [0.05, 0.1) is 17.8 Å². The lowest BCUT2D eigenvalue weighted by atomic mass is 10.0. The molecule has 1 amide bonds. The molecular formula is C18H24ClN3O2. The summed E-state index contributed by atoms with van der Waals surface area (Å²) in [6, 6.07) is 7.95. The molecule has 0 fully saturated rings. The first-order valence-electron chi connectivity index (χ1n) is 8.03. The highest BCUT2D eigenvalue weighted by molar-refractivity contribution is 6.33. The van der Waals surface area contributed by atoms with E-state index in [1.807, 2.05) is 45.0 Å². The number of aliphatic hydroxyl groups is 1. The van der Waals surface area contributed by atoms with Gasteiger partial charge in [0.25, 0.3) is 5.91 Å². The van der Waals surface area contributed by atoms with Crippen LogP contribution in [0, 0.1) is 19.8 Å². The van der Waals surface area contributed by atoms with Crippen LogP contribution in [0.4, 0.5) is 0 Å². The van der Waals surface area contributed by atoms with Gasteiger partial charge in [0.1, 0.15) is 5.15 Å². The monoisotopic (exact) mass is 349 g/mol. The Morgan fingerprint density at radius 2 is 1.92 bits per heavy atom. The average Bonchev–Trinajstić information content (AvgIpc) is 2.82. The molecule has 1 aromatic heterocycles. The van der Waals surface area contributed by atoms with E-state index in [2.05, 4.69) is 10.4 Å². The largest absolute Gasteiger partial charge is 0.396 e. The van der Waals surface area contributed by atoms with Crippen molar-refractivity contribution in [3.63, 3.8) is 0 Å². The maximum absolute atomic E-state index is 12.5. The first-order valence-corrected chi connectivity index (χ1v) is 8.41. The number of aliphatic hydroxyl groups excluding tert-OH is 1. The lowest BCUT2D eigenvalue weighted by molar-refractivity contribution is 0.0916. The van der Waals surface area contributed by atoms with Crippen molar-refractivity contribution in [2.24, 2.45) is 5.92 Å². The number of amides is 1. The third-order valence-corrected chi connectivity index (χ3v) is 4.63. The van der Waals surface area contributed by atoms with Crippen molar-refractivity contribution < 1.29 is 9.90 Å². The fraction of sp³-hybridized carbons (Fsp3) is 0.444. The Hall–Kier alpha value is -1.85. The minimum atomic E-state index is -0.263. The van der Waals surface area contributed by atoms with E-state index in [0.717, 1.165) is 5.56 Å². The number of aryl methyl sites for hydroxylation is 2. The highest BCUT2D eigenvalue weighted by atomic mass is 35.5. The molecule has 0 radical (unpaired) electrons. The molecule has 0 bridgehead atoms. The molecule has 5 nitrogen and oxygen atoms in total. The first-order chi connectivity index (χ1) is 11.3. The summed E-state index contributed by atoms with van der Waals surface area (Å²) in [5.41, 5.74) is 3.24. The minimum absolute atomic E-state index is 0.0147. The Bertz CT molecular complexity index is 710. The lowest BCUT2D eigenvalue weighted by Gasteiger charge is -2.19. The molecule has 1 heterocycles. The fourth-order valence-corrected chi connectivity index (χ4v) is 2.68. The number of hydrogen-bond acceptors (Lipinski definition) is 3. The minimum Gasteiger partial charge on any atom is -0.396 e. The van der Waals surface area contributed by atoms with E-state index in [1.165, 1.54) is 5.56 Å². The van der Waals surface area contributed by atoms with Crippen LogP contribution in [-0.4, -0.2) is 33.4 Å². The van der Waals surface area contributed by atoms with Crippen LogP contribution in [0.25, 0.3) is 0 Å². The van der Waals surface area contributed by atoms with Gasteiger partial charge in [-0.1, -0.05) is 48.4 Å². The molecule has 2 rings (SSSR count). The summed E-state index contributed by atoms with van der Waals surface area (Å²) in [5, 5.41) is 16.8. The molecular weight excluding hydrogens is 326 g/mol. The second kappa shape index (κ2) is 7.81. The third kappa shape index (κ3) is 4.16. The van der Waals surface area contributed by atoms with Gasteiger partial charge in [-0.05, 0) is 32.3 Å². The number of aromatic nitrogens is 2. The number of nitrogens with one attached hydrogen (secondary N) is 1. The van der Waals surface area contributed by atoms with E-state index < -0.39 is 0 Å². The summed E-state index contributed by atoms with van der Waals surface area (Å²) in [7, 11) is 0. The van der Waals surface area contributed by atoms with E-state index in [-0.39, 0.29) is 24.5 Å². The van der Waals surface area contributed by atoms with Crippen LogP contribution in [0.3, 0.4) is 0 Å². The second-order valence-corrected chi connectivity index (χ2v) is 6.67. The SMILES string of the molecule is Cc1ccc(Cn2nc(C)c(C(=O)NC(C)C(C)CO)c2Cl)cc1. The van der Waals surface area contributed by atoms with Crippen molar-refractivity contribution in [2.75, 3.05) is 6.61 Å². The van der Waals surface area contributed by atoms with Gasteiger partial charge >= 0.3 is 0 Å². The molecule has 0 aliphatic rings. The molecule has 2 aromatic rings. The van der Waals surface area contributed by atoms with Crippen LogP contribution < -0.4 is 5.32 Å². The maximum atomic E-state index is 12.5. The third-order valence-electron chi connectivity index (χ3n) is 4.25. The van der Waals surface area contributed by atoms with Crippen LogP contribution >= 0.6 is 11.6 Å². The average molecular weight is 350 g/mol. The van der Waals surface area contributed by atoms with E-state index in [4.69, 9.17) is 11.6 Å². The highest BCUT2D eigenvalue weighted by Crippen LogP contribution is 2.21. The number of carbonyl (C=O) groups is 1. The topological polar surface area (TPSA) is 67.2 Å². The van der Waals surface area contributed by atoms with Crippen LogP contribution in [-0.2, 0) is 6.54 Å². The zero-order chi connectivity index (χ0) is 17.9. The maximum Gasteiger partial charge on any atom is 0.256 e. The molecule has 2 atom stereocenters. The summed E-state index contributed by atoms with van der Waals surface area (Å²) in [6.07, 6.45) is 0. The molecule has 0 saturated carbocycles. The lowest BCUT2D eigenvalue weighted by Crippen LogP contribution is -2.38. The van der Waals surface area contributed by atoms with Crippen molar-refractivity contribution in [2.45, 2.75) is 40.3 Å². The van der Waals surface area contributed by atoms with Gasteiger partial charge in [-0.25, -0.2) is 4.68 Å². The summed E-state index contributed by atoms with van der Waals surface area (Å²) in [4.78, 5) is 12.5. The molecule has 130 valence electrons. The number of benzene rings is 1. The van der Waals surface area contributed by atoms with E-state index in [0.29, 0.717) is 23.0 Å². The van der Waals surface area contributed by atoms with Crippen molar-refractivity contribution in [1.29, 1.82) is 0 Å². The zero-order valence-corrected chi connectivity index (χ0v) is 15.3. The van der Waals surface area contributed by atoms with Crippen molar-refractivity contribution in [3.05, 3.63) is 51.8 Å². The summed E-state index contributed by atoms with van der Waals surface area (Å²) < 4.78 is 1.64.